The summed E-state index contributed by atoms with van der Waals surface area (Å²) in [4.78, 5) is 17.3. The molecule has 1 unspecified atom stereocenters. The molecule has 7 nitrogen and oxygen atoms in total. The van der Waals surface area contributed by atoms with Crippen molar-refractivity contribution >= 4 is 17.3 Å². The summed E-state index contributed by atoms with van der Waals surface area (Å²) < 4.78 is 0. The second-order valence-corrected chi connectivity index (χ2v) is 5.21. The third kappa shape index (κ3) is 3.81. The molecule has 0 aromatic carbocycles. The van der Waals surface area contributed by atoms with E-state index in [4.69, 9.17) is 0 Å². The van der Waals surface area contributed by atoms with Crippen LogP contribution in [-0.2, 0) is 0 Å². The Labute approximate surface area is 124 Å². The molecule has 1 aromatic heterocycles. The normalized spacial score (nSPS) is 18.6. The first-order chi connectivity index (χ1) is 10.2. The first kappa shape index (κ1) is 15.5. The fourth-order valence-corrected chi connectivity index (χ4v) is 2.78. The highest BCUT2D eigenvalue weighted by molar-refractivity contribution is 5.56. The standard InChI is InChI=1S/C14H22N4O3/c1-2-15-13-9-12(18(20)21)10-14(16-13)17-7-4-3-5-11(17)6-8-19/h9-11,19H,2-8H2,1H3,(H,15,16). The lowest BCUT2D eigenvalue weighted by Gasteiger charge is -2.36. The molecule has 0 radical (unpaired) electrons. The van der Waals surface area contributed by atoms with Crippen LogP contribution in [0.4, 0.5) is 17.3 Å². The van der Waals surface area contributed by atoms with E-state index in [9.17, 15) is 15.2 Å². The first-order valence-corrected chi connectivity index (χ1v) is 7.43. The second-order valence-electron chi connectivity index (χ2n) is 5.21. The van der Waals surface area contributed by atoms with E-state index < -0.39 is 4.92 Å². The molecule has 1 aliphatic heterocycles. The molecule has 1 aromatic rings. The zero-order chi connectivity index (χ0) is 15.2. The summed E-state index contributed by atoms with van der Waals surface area (Å²) in [6, 6.07) is 3.18. The van der Waals surface area contributed by atoms with Gasteiger partial charge < -0.3 is 15.3 Å². The van der Waals surface area contributed by atoms with Crippen LogP contribution < -0.4 is 10.2 Å². The zero-order valence-electron chi connectivity index (χ0n) is 12.3. The predicted molar refractivity (Wildman–Crippen MR) is 81.7 cm³/mol. The van der Waals surface area contributed by atoms with Crippen LogP contribution in [0.1, 0.15) is 32.6 Å². The number of anilines is 2. The Morgan fingerprint density at radius 1 is 1.52 bits per heavy atom. The molecule has 2 N–H and O–H groups in total. The van der Waals surface area contributed by atoms with Gasteiger partial charge in [0.05, 0.1) is 17.1 Å². The summed E-state index contributed by atoms with van der Waals surface area (Å²) in [7, 11) is 0. The summed E-state index contributed by atoms with van der Waals surface area (Å²) in [6.07, 6.45) is 3.82. The van der Waals surface area contributed by atoms with Crippen molar-refractivity contribution in [2.75, 3.05) is 29.9 Å². The highest BCUT2D eigenvalue weighted by Gasteiger charge is 2.25. The fraction of sp³-hybridized carbons (Fsp3) is 0.643. The SMILES string of the molecule is CCNc1cc([N+](=O)[O-])cc(N2CCCCC2CCO)n1. The molecule has 2 rings (SSSR count). The van der Waals surface area contributed by atoms with Gasteiger partial charge >= 0.3 is 0 Å². The fourth-order valence-electron chi connectivity index (χ4n) is 2.78. The molecule has 7 heteroatoms. The molecule has 0 spiro atoms. The largest absolute Gasteiger partial charge is 0.396 e. The minimum Gasteiger partial charge on any atom is -0.396 e. The number of aromatic nitrogens is 1. The van der Waals surface area contributed by atoms with Crippen LogP contribution in [0.3, 0.4) is 0 Å². The molecule has 2 heterocycles. The number of hydrogen-bond acceptors (Lipinski definition) is 6. The van der Waals surface area contributed by atoms with Crippen molar-refractivity contribution in [3.8, 4) is 0 Å². The van der Waals surface area contributed by atoms with Gasteiger partial charge in [-0.15, -0.1) is 0 Å². The number of rotatable bonds is 6. The number of aliphatic hydroxyl groups excluding tert-OH is 1. The van der Waals surface area contributed by atoms with Gasteiger partial charge in [-0.3, -0.25) is 10.1 Å². The molecule has 116 valence electrons. The Bertz CT molecular complexity index is 493. The van der Waals surface area contributed by atoms with Crippen LogP contribution in [-0.4, -0.2) is 40.8 Å². The topological polar surface area (TPSA) is 91.5 Å². The van der Waals surface area contributed by atoms with Gasteiger partial charge in [0.2, 0.25) is 0 Å². The average molecular weight is 294 g/mol. The number of nitrogens with one attached hydrogen (secondary N) is 1. The lowest BCUT2D eigenvalue weighted by atomic mass is 9.99. The number of nitro groups is 1. The van der Waals surface area contributed by atoms with Crippen LogP contribution >= 0.6 is 0 Å². The van der Waals surface area contributed by atoms with Gasteiger partial charge in [0.1, 0.15) is 11.6 Å². The van der Waals surface area contributed by atoms with E-state index in [0.717, 1.165) is 25.8 Å². The van der Waals surface area contributed by atoms with E-state index in [2.05, 4.69) is 15.2 Å². The zero-order valence-corrected chi connectivity index (χ0v) is 12.3. The lowest BCUT2D eigenvalue weighted by molar-refractivity contribution is -0.384. The molecule has 1 atom stereocenters. The number of piperidine rings is 1. The van der Waals surface area contributed by atoms with Gasteiger partial charge in [-0.25, -0.2) is 4.98 Å². The molecule has 0 saturated carbocycles. The van der Waals surface area contributed by atoms with Gasteiger partial charge in [0.15, 0.2) is 0 Å². The van der Waals surface area contributed by atoms with E-state index in [1.54, 1.807) is 0 Å². The lowest BCUT2D eigenvalue weighted by Crippen LogP contribution is -2.40. The highest BCUT2D eigenvalue weighted by Crippen LogP contribution is 2.29. The third-order valence-electron chi connectivity index (χ3n) is 3.75. The molecular weight excluding hydrogens is 272 g/mol. The summed E-state index contributed by atoms with van der Waals surface area (Å²) >= 11 is 0. The van der Waals surface area contributed by atoms with Crippen molar-refractivity contribution in [1.82, 2.24) is 4.98 Å². The number of aliphatic hydroxyl groups is 1. The van der Waals surface area contributed by atoms with Crippen LogP contribution in [0.2, 0.25) is 0 Å². The Morgan fingerprint density at radius 3 is 3.00 bits per heavy atom. The van der Waals surface area contributed by atoms with Crippen molar-refractivity contribution in [3.63, 3.8) is 0 Å². The van der Waals surface area contributed by atoms with Crippen molar-refractivity contribution < 1.29 is 10.0 Å². The highest BCUT2D eigenvalue weighted by atomic mass is 16.6. The monoisotopic (exact) mass is 294 g/mol. The smallest absolute Gasteiger partial charge is 0.276 e. The maximum absolute atomic E-state index is 11.1. The molecule has 0 amide bonds. The quantitative estimate of drug-likeness (QED) is 0.617. The molecule has 1 aliphatic rings. The summed E-state index contributed by atoms with van der Waals surface area (Å²) in [5.74, 6) is 1.15. The Kier molecular flexibility index (Phi) is 5.32. The first-order valence-electron chi connectivity index (χ1n) is 7.43. The second kappa shape index (κ2) is 7.21. The van der Waals surface area contributed by atoms with Crippen LogP contribution in [0.25, 0.3) is 0 Å². The summed E-state index contributed by atoms with van der Waals surface area (Å²) in [5.41, 5.74) is 0.0456. The maximum atomic E-state index is 11.1. The number of hydrogen-bond donors (Lipinski definition) is 2. The van der Waals surface area contributed by atoms with E-state index in [1.807, 2.05) is 6.92 Å². The third-order valence-corrected chi connectivity index (χ3v) is 3.75. The van der Waals surface area contributed by atoms with Gasteiger partial charge in [-0.1, -0.05) is 0 Å². The number of pyridine rings is 1. The van der Waals surface area contributed by atoms with Crippen LogP contribution in [0, 0.1) is 10.1 Å². The Balaban J connectivity index is 2.33. The van der Waals surface area contributed by atoms with E-state index >= 15 is 0 Å². The Hall–Kier alpha value is -1.89. The minimum absolute atomic E-state index is 0.0456. The number of nitrogens with zero attached hydrogens (tertiary/aromatic N) is 3. The maximum Gasteiger partial charge on any atom is 0.276 e. The predicted octanol–water partition coefficient (Wildman–Crippen LogP) is 2.16. The molecule has 0 aliphatic carbocycles. The molecule has 1 saturated heterocycles. The molecule has 1 fully saturated rings. The van der Waals surface area contributed by atoms with Gasteiger partial charge in [-0.2, -0.15) is 0 Å². The average Bonchev–Trinajstić information content (AvgIpc) is 2.48. The van der Waals surface area contributed by atoms with Gasteiger partial charge in [-0.05, 0) is 32.6 Å². The minimum atomic E-state index is -0.392. The van der Waals surface area contributed by atoms with E-state index in [0.29, 0.717) is 24.6 Å². The van der Waals surface area contributed by atoms with E-state index in [-0.39, 0.29) is 18.3 Å². The van der Waals surface area contributed by atoms with Crippen molar-refractivity contribution in [2.24, 2.45) is 0 Å². The van der Waals surface area contributed by atoms with Crippen molar-refractivity contribution in [1.29, 1.82) is 0 Å². The molecule has 0 bridgehead atoms. The van der Waals surface area contributed by atoms with E-state index in [1.165, 1.54) is 12.1 Å². The van der Waals surface area contributed by atoms with Crippen molar-refractivity contribution in [2.45, 2.75) is 38.6 Å². The Morgan fingerprint density at radius 2 is 2.33 bits per heavy atom. The molecular formula is C14H22N4O3. The van der Waals surface area contributed by atoms with Gasteiger partial charge in [0.25, 0.3) is 5.69 Å². The summed E-state index contributed by atoms with van der Waals surface area (Å²) in [5, 5.41) is 23.3. The van der Waals surface area contributed by atoms with Gasteiger partial charge in [0, 0.05) is 25.7 Å². The van der Waals surface area contributed by atoms with Crippen LogP contribution in [0.15, 0.2) is 12.1 Å². The van der Waals surface area contributed by atoms with Crippen LogP contribution in [0.5, 0.6) is 0 Å². The summed E-state index contributed by atoms with van der Waals surface area (Å²) in [6.45, 7) is 3.53. The van der Waals surface area contributed by atoms with Crippen molar-refractivity contribution in [3.05, 3.63) is 22.2 Å². The molecule has 21 heavy (non-hydrogen) atoms.